The molecule has 4 heterocycles. The van der Waals surface area contributed by atoms with Crippen molar-refractivity contribution in [2.24, 2.45) is 11.8 Å². The van der Waals surface area contributed by atoms with Crippen LogP contribution in [-0.2, 0) is 32.1 Å². The first-order valence-corrected chi connectivity index (χ1v) is 16.1. The minimum Gasteiger partial charge on any atom is -0.345 e. The number of amides is 4. The molecule has 4 aliphatic heterocycles. The number of rotatable bonds is 10. The molecule has 4 aliphatic rings. The van der Waals surface area contributed by atoms with Crippen molar-refractivity contribution in [1.29, 1.82) is 0 Å². The van der Waals surface area contributed by atoms with E-state index in [0.717, 1.165) is 51.0 Å². The predicted octanol–water partition coefficient (Wildman–Crippen LogP) is 1.16. The maximum absolute atomic E-state index is 13.8. The fourth-order valence-corrected chi connectivity index (χ4v) is 7.44. The summed E-state index contributed by atoms with van der Waals surface area (Å²) in [6, 6.07) is 18.7. The van der Waals surface area contributed by atoms with Crippen LogP contribution in [0.3, 0.4) is 0 Å². The molecule has 2 aromatic carbocycles. The molecule has 2 aromatic rings. The molecule has 0 spiro atoms. The van der Waals surface area contributed by atoms with Crippen molar-refractivity contribution >= 4 is 23.6 Å². The molecule has 4 saturated heterocycles. The van der Waals surface area contributed by atoms with Crippen molar-refractivity contribution < 1.29 is 19.2 Å². The average molecular weight is 601 g/mol. The zero-order valence-corrected chi connectivity index (χ0v) is 25.3. The van der Waals surface area contributed by atoms with Crippen molar-refractivity contribution in [2.75, 3.05) is 45.8 Å². The Morgan fingerprint density at radius 1 is 0.841 bits per heavy atom. The third-order valence-electron chi connectivity index (χ3n) is 9.66. The van der Waals surface area contributed by atoms with Crippen molar-refractivity contribution in [3.05, 3.63) is 71.8 Å². The van der Waals surface area contributed by atoms with E-state index in [0.29, 0.717) is 44.3 Å². The third-order valence-corrected chi connectivity index (χ3v) is 9.66. The SMILES string of the molecule is O=C(CNC(=O)C1CCCN1C(=O)C1CCCN1)NC(Cc1ccccc1)C(=O)N1CC2CN(Cc3ccccc3)CC2C1. The van der Waals surface area contributed by atoms with E-state index >= 15 is 0 Å². The molecule has 5 atom stereocenters. The summed E-state index contributed by atoms with van der Waals surface area (Å²) >= 11 is 0. The van der Waals surface area contributed by atoms with Crippen LogP contribution in [0, 0.1) is 11.8 Å². The van der Waals surface area contributed by atoms with Gasteiger partial charge in [-0.25, -0.2) is 0 Å². The number of hydrogen-bond acceptors (Lipinski definition) is 6. The minimum atomic E-state index is -0.723. The molecular formula is C34H44N6O4. The lowest BCUT2D eigenvalue weighted by Gasteiger charge is -2.27. The number of carbonyl (C=O) groups excluding carboxylic acids is 4. The Morgan fingerprint density at radius 3 is 2.18 bits per heavy atom. The molecule has 0 radical (unpaired) electrons. The number of fused-ring (bicyclic) bond motifs is 1. The summed E-state index contributed by atoms with van der Waals surface area (Å²) in [6.45, 7) is 5.35. The van der Waals surface area contributed by atoms with Crippen LogP contribution in [0.25, 0.3) is 0 Å². The smallest absolute Gasteiger partial charge is 0.245 e. The van der Waals surface area contributed by atoms with E-state index in [4.69, 9.17) is 0 Å². The number of likely N-dealkylation sites (tertiary alicyclic amines) is 3. The highest BCUT2D eigenvalue weighted by Crippen LogP contribution is 2.32. The summed E-state index contributed by atoms with van der Waals surface area (Å²) in [7, 11) is 0. The maximum Gasteiger partial charge on any atom is 0.245 e. The van der Waals surface area contributed by atoms with Gasteiger partial charge in [0.1, 0.15) is 12.1 Å². The molecule has 234 valence electrons. The van der Waals surface area contributed by atoms with Gasteiger partial charge in [-0.2, -0.15) is 0 Å². The monoisotopic (exact) mass is 600 g/mol. The largest absolute Gasteiger partial charge is 0.345 e. The predicted molar refractivity (Wildman–Crippen MR) is 166 cm³/mol. The second-order valence-electron chi connectivity index (χ2n) is 12.8. The van der Waals surface area contributed by atoms with E-state index in [9.17, 15) is 19.2 Å². The first-order chi connectivity index (χ1) is 21.4. The molecule has 44 heavy (non-hydrogen) atoms. The van der Waals surface area contributed by atoms with Gasteiger partial charge in [0.2, 0.25) is 23.6 Å². The third kappa shape index (κ3) is 7.13. The lowest BCUT2D eigenvalue weighted by molar-refractivity contribution is -0.140. The quantitative estimate of drug-likeness (QED) is 0.377. The molecule has 0 aromatic heterocycles. The highest BCUT2D eigenvalue weighted by molar-refractivity contribution is 5.93. The summed E-state index contributed by atoms with van der Waals surface area (Å²) in [5.41, 5.74) is 2.26. The van der Waals surface area contributed by atoms with Crippen LogP contribution in [0.2, 0.25) is 0 Å². The van der Waals surface area contributed by atoms with E-state index in [1.54, 1.807) is 4.90 Å². The Labute approximate surface area is 259 Å². The van der Waals surface area contributed by atoms with Gasteiger partial charge < -0.3 is 25.8 Å². The van der Waals surface area contributed by atoms with Crippen molar-refractivity contribution in [1.82, 2.24) is 30.7 Å². The summed E-state index contributed by atoms with van der Waals surface area (Å²) in [4.78, 5) is 59.0. The second-order valence-corrected chi connectivity index (χ2v) is 12.8. The highest BCUT2D eigenvalue weighted by atomic mass is 16.2. The number of benzene rings is 2. The molecule has 0 saturated carbocycles. The van der Waals surface area contributed by atoms with Crippen LogP contribution in [-0.4, -0.2) is 102 Å². The average Bonchev–Trinajstić information content (AvgIpc) is 3.85. The van der Waals surface area contributed by atoms with E-state index in [-0.39, 0.29) is 30.3 Å². The molecular weight excluding hydrogens is 556 g/mol. The topological polar surface area (TPSA) is 114 Å². The molecule has 4 amide bonds. The van der Waals surface area contributed by atoms with Gasteiger partial charge in [-0.1, -0.05) is 60.7 Å². The van der Waals surface area contributed by atoms with Crippen LogP contribution in [0.5, 0.6) is 0 Å². The molecule has 3 N–H and O–H groups in total. The maximum atomic E-state index is 13.8. The second kappa shape index (κ2) is 13.9. The van der Waals surface area contributed by atoms with Crippen molar-refractivity contribution in [3.8, 4) is 0 Å². The van der Waals surface area contributed by atoms with E-state index in [1.165, 1.54) is 5.56 Å². The van der Waals surface area contributed by atoms with Crippen LogP contribution in [0.4, 0.5) is 0 Å². The van der Waals surface area contributed by atoms with E-state index in [1.807, 2.05) is 41.3 Å². The molecule has 6 rings (SSSR count). The van der Waals surface area contributed by atoms with Gasteiger partial charge in [0.05, 0.1) is 12.6 Å². The number of nitrogens with one attached hydrogen (secondary N) is 3. The van der Waals surface area contributed by atoms with Gasteiger partial charge in [0, 0.05) is 45.7 Å². The van der Waals surface area contributed by atoms with Crippen molar-refractivity contribution in [2.45, 2.75) is 56.8 Å². The lowest BCUT2D eigenvalue weighted by Crippen LogP contribution is -2.54. The fraction of sp³-hybridized carbons (Fsp3) is 0.529. The Balaban J connectivity index is 1.03. The Hall–Kier alpha value is -3.76. The van der Waals surface area contributed by atoms with Crippen LogP contribution >= 0.6 is 0 Å². The van der Waals surface area contributed by atoms with Crippen LogP contribution in [0.15, 0.2) is 60.7 Å². The number of carbonyl (C=O) groups is 4. The van der Waals surface area contributed by atoms with Crippen LogP contribution in [0.1, 0.15) is 36.8 Å². The summed E-state index contributed by atoms with van der Waals surface area (Å²) in [6.07, 6.45) is 3.47. The standard InChI is InChI=1S/C34H44N6O4/c41-31(18-36-32(42)30-14-8-16-40(30)34(44)28-13-7-15-35-28)37-29(17-24-9-3-1-4-10-24)33(43)39-22-26-20-38(21-27(26)23-39)19-25-11-5-2-6-12-25/h1-6,9-12,26-30,35H,7-8,13-23H2,(H,36,42)(H,37,41). The lowest BCUT2D eigenvalue weighted by atomic mass is 10.0. The normalized spacial score (nSPS) is 25.5. The summed E-state index contributed by atoms with van der Waals surface area (Å²) in [5.74, 6) is 0.0145. The van der Waals surface area contributed by atoms with Gasteiger partial charge in [0.15, 0.2) is 0 Å². The summed E-state index contributed by atoms with van der Waals surface area (Å²) < 4.78 is 0. The molecule has 4 fully saturated rings. The molecule has 5 unspecified atom stereocenters. The molecule has 0 aliphatic carbocycles. The number of hydrogen-bond donors (Lipinski definition) is 3. The Bertz CT molecular complexity index is 1300. The Morgan fingerprint density at radius 2 is 1.52 bits per heavy atom. The van der Waals surface area contributed by atoms with E-state index in [2.05, 4.69) is 45.1 Å². The molecule has 0 bridgehead atoms. The fourth-order valence-electron chi connectivity index (χ4n) is 7.44. The number of nitrogens with zero attached hydrogens (tertiary/aromatic N) is 3. The van der Waals surface area contributed by atoms with Gasteiger partial charge >= 0.3 is 0 Å². The first kappa shape index (κ1) is 30.3. The molecule has 10 heteroatoms. The zero-order valence-electron chi connectivity index (χ0n) is 25.3. The highest BCUT2D eigenvalue weighted by Gasteiger charge is 2.43. The van der Waals surface area contributed by atoms with Gasteiger partial charge in [0.25, 0.3) is 0 Å². The minimum absolute atomic E-state index is 0.0308. The zero-order chi connectivity index (χ0) is 30.5. The van der Waals surface area contributed by atoms with Gasteiger partial charge in [-0.05, 0) is 55.2 Å². The molecule has 10 nitrogen and oxygen atoms in total. The van der Waals surface area contributed by atoms with E-state index < -0.39 is 18.0 Å². The van der Waals surface area contributed by atoms with Crippen LogP contribution < -0.4 is 16.0 Å². The summed E-state index contributed by atoms with van der Waals surface area (Å²) in [5, 5.41) is 8.88. The first-order valence-electron chi connectivity index (χ1n) is 16.1. The van der Waals surface area contributed by atoms with Crippen molar-refractivity contribution in [3.63, 3.8) is 0 Å². The Kier molecular flexibility index (Phi) is 9.57. The van der Waals surface area contributed by atoms with Gasteiger partial charge in [-0.15, -0.1) is 0 Å². The van der Waals surface area contributed by atoms with Gasteiger partial charge in [-0.3, -0.25) is 24.1 Å².